The minimum Gasteiger partial charge on any atom is -0.354 e. The monoisotopic (exact) mass is 283 g/mol. The zero-order valence-corrected chi connectivity index (χ0v) is 13.5. The summed E-state index contributed by atoms with van der Waals surface area (Å²) in [5, 5.41) is 0.537. The third-order valence-corrected chi connectivity index (χ3v) is 3.33. The molecule has 0 N–H and O–H groups in total. The van der Waals surface area contributed by atoms with Crippen LogP contribution in [0.5, 0.6) is 0 Å². The molecule has 0 aliphatic rings. The highest BCUT2D eigenvalue weighted by molar-refractivity contribution is 6.29. The van der Waals surface area contributed by atoms with Gasteiger partial charge >= 0.3 is 0 Å². The highest BCUT2D eigenvalue weighted by atomic mass is 35.5. The molecule has 0 saturated carbocycles. The average Bonchev–Trinajstić information content (AvgIpc) is 2.33. The number of halogens is 1. The number of aromatic nitrogens is 2. The van der Waals surface area contributed by atoms with Crippen LogP contribution >= 0.6 is 11.6 Å². The molecule has 0 fully saturated rings. The lowest BCUT2D eigenvalue weighted by Gasteiger charge is -2.28. The number of hydrogen-bond acceptors (Lipinski definition) is 3. The Morgan fingerprint density at radius 2 is 1.84 bits per heavy atom. The fraction of sp³-hybridized carbons (Fsp3) is 0.733. The lowest BCUT2D eigenvalue weighted by Crippen LogP contribution is -2.32. The normalized spacial score (nSPS) is 11.4. The van der Waals surface area contributed by atoms with Crippen molar-refractivity contribution in [3.05, 3.63) is 17.0 Å². The van der Waals surface area contributed by atoms with Gasteiger partial charge in [0.15, 0.2) is 0 Å². The van der Waals surface area contributed by atoms with Crippen LogP contribution in [0, 0.1) is 0 Å². The van der Waals surface area contributed by atoms with E-state index in [9.17, 15) is 0 Å². The van der Waals surface area contributed by atoms with Gasteiger partial charge < -0.3 is 4.90 Å². The van der Waals surface area contributed by atoms with E-state index >= 15 is 0 Å². The fourth-order valence-corrected chi connectivity index (χ4v) is 2.18. The molecule has 0 unspecified atom stereocenters. The summed E-state index contributed by atoms with van der Waals surface area (Å²) in [5.41, 5.74) is 0. The van der Waals surface area contributed by atoms with E-state index in [1.165, 1.54) is 19.3 Å². The predicted octanol–water partition coefficient (Wildman–Crippen LogP) is 4.66. The SMILES string of the molecule is CCCCCN(c1cc(Cl)nc(C(C)C)n1)C(C)C. The Labute approximate surface area is 122 Å². The van der Waals surface area contributed by atoms with Crippen LogP contribution in [0.3, 0.4) is 0 Å². The molecule has 1 aromatic heterocycles. The lowest BCUT2D eigenvalue weighted by molar-refractivity contribution is 0.615. The van der Waals surface area contributed by atoms with Gasteiger partial charge in [-0.1, -0.05) is 45.2 Å². The van der Waals surface area contributed by atoms with Gasteiger partial charge in [-0.25, -0.2) is 9.97 Å². The largest absolute Gasteiger partial charge is 0.354 e. The van der Waals surface area contributed by atoms with Crippen molar-refractivity contribution in [3.63, 3.8) is 0 Å². The molecule has 0 radical (unpaired) electrons. The van der Waals surface area contributed by atoms with Crippen molar-refractivity contribution in [1.29, 1.82) is 0 Å². The third kappa shape index (κ3) is 4.98. The molecular weight excluding hydrogens is 258 g/mol. The molecule has 1 aromatic rings. The third-order valence-electron chi connectivity index (χ3n) is 3.14. The molecule has 0 aromatic carbocycles. The zero-order chi connectivity index (χ0) is 14.4. The van der Waals surface area contributed by atoms with Gasteiger partial charge in [0.05, 0.1) is 0 Å². The molecular formula is C15H26ClN3. The first kappa shape index (κ1) is 16.2. The van der Waals surface area contributed by atoms with Gasteiger partial charge in [0.2, 0.25) is 0 Å². The Bertz CT molecular complexity index is 391. The van der Waals surface area contributed by atoms with Crippen LogP contribution in [0.25, 0.3) is 0 Å². The fourth-order valence-electron chi connectivity index (χ4n) is 2.00. The van der Waals surface area contributed by atoms with Crippen molar-refractivity contribution in [2.45, 2.75) is 65.8 Å². The average molecular weight is 284 g/mol. The van der Waals surface area contributed by atoms with Crippen molar-refractivity contribution in [3.8, 4) is 0 Å². The van der Waals surface area contributed by atoms with Crippen LogP contribution in [-0.4, -0.2) is 22.6 Å². The van der Waals surface area contributed by atoms with Crippen LogP contribution in [0.4, 0.5) is 5.82 Å². The Hall–Kier alpha value is -0.830. The van der Waals surface area contributed by atoms with Crippen LogP contribution in [-0.2, 0) is 0 Å². The molecule has 0 atom stereocenters. The Morgan fingerprint density at radius 3 is 2.37 bits per heavy atom. The van der Waals surface area contributed by atoms with Crippen LogP contribution in [0.2, 0.25) is 5.15 Å². The van der Waals surface area contributed by atoms with E-state index in [-0.39, 0.29) is 0 Å². The minimum absolute atomic E-state index is 0.294. The molecule has 19 heavy (non-hydrogen) atoms. The zero-order valence-electron chi connectivity index (χ0n) is 12.8. The lowest BCUT2D eigenvalue weighted by atomic mass is 10.2. The number of rotatable bonds is 7. The van der Waals surface area contributed by atoms with Gasteiger partial charge in [0.1, 0.15) is 16.8 Å². The van der Waals surface area contributed by atoms with E-state index in [1.807, 2.05) is 6.07 Å². The quantitative estimate of drug-likeness (QED) is 0.538. The molecule has 4 heteroatoms. The maximum Gasteiger partial charge on any atom is 0.135 e. The van der Waals surface area contributed by atoms with E-state index in [1.54, 1.807) is 0 Å². The van der Waals surface area contributed by atoms with Gasteiger partial charge in [-0.15, -0.1) is 0 Å². The standard InChI is InChI=1S/C15H26ClN3/c1-6-7-8-9-19(12(4)5)14-10-13(16)17-15(18-14)11(2)3/h10-12H,6-9H2,1-5H3. The number of unbranched alkanes of at least 4 members (excludes halogenated alkanes) is 2. The Balaban J connectivity index is 2.94. The smallest absolute Gasteiger partial charge is 0.135 e. The van der Waals surface area contributed by atoms with E-state index in [0.29, 0.717) is 17.1 Å². The van der Waals surface area contributed by atoms with E-state index < -0.39 is 0 Å². The summed E-state index contributed by atoms with van der Waals surface area (Å²) in [7, 11) is 0. The van der Waals surface area contributed by atoms with Crippen LogP contribution < -0.4 is 4.90 Å². The van der Waals surface area contributed by atoms with Gasteiger partial charge in [-0.05, 0) is 20.3 Å². The second kappa shape index (κ2) is 7.68. The summed E-state index contributed by atoms with van der Waals surface area (Å²) < 4.78 is 0. The summed E-state index contributed by atoms with van der Waals surface area (Å²) in [6, 6.07) is 2.29. The molecule has 108 valence electrons. The van der Waals surface area contributed by atoms with Crippen molar-refractivity contribution >= 4 is 17.4 Å². The first-order chi connectivity index (χ1) is 8.95. The summed E-state index contributed by atoms with van der Waals surface area (Å²) in [6.07, 6.45) is 3.67. The number of hydrogen-bond donors (Lipinski definition) is 0. The summed E-state index contributed by atoms with van der Waals surface area (Å²) in [5.74, 6) is 2.07. The topological polar surface area (TPSA) is 29.0 Å². The molecule has 0 spiro atoms. The van der Waals surface area contributed by atoms with Gasteiger partial charge in [-0.2, -0.15) is 0 Å². The summed E-state index contributed by atoms with van der Waals surface area (Å²) in [4.78, 5) is 11.3. The van der Waals surface area contributed by atoms with Gasteiger partial charge in [-0.3, -0.25) is 0 Å². The molecule has 0 saturated heterocycles. The molecule has 1 rings (SSSR count). The Morgan fingerprint density at radius 1 is 1.16 bits per heavy atom. The second-order valence-electron chi connectivity index (χ2n) is 5.56. The molecule has 1 heterocycles. The summed E-state index contributed by atoms with van der Waals surface area (Å²) >= 11 is 6.13. The van der Waals surface area contributed by atoms with Crippen molar-refractivity contribution in [1.82, 2.24) is 9.97 Å². The summed E-state index contributed by atoms with van der Waals surface area (Å²) in [6.45, 7) is 11.8. The van der Waals surface area contributed by atoms with E-state index in [0.717, 1.165) is 18.2 Å². The molecule has 0 bridgehead atoms. The number of anilines is 1. The highest BCUT2D eigenvalue weighted by Crippen LogP contribution is 2.22. The van der Waals surface area contributed by atoms with Crippen LogP contribution in [0.1, 0.15) is 65.6 Å². The first-order valence-corrected chi connectivity index (χ1v) is 7.64. The Kier molecular flexibility index (Phi) is 6.56. The van der Waals surface area contributed by atoms with E-state index in [2.05, 4.69) is 49.5 Å². The molecule has 0 aliphatic carbocycles. The van der Waals surface area contributed by atoms with Gasteiger partial charge in [0, 0.05) is 24.6 Å². The minimum atomic E-state index is 0.294. The van der Waals surface area contributed by atoms with Crippen molar-refractivity contribution in [2.75, 3.05) is 11.4 Å². The van der Waals surface area contributed by atoms with Crippen molar-refractivity contribution in [2.24, 2.45) is 0 Å². The van der Waals surface area contributed by atoms with Gasteiger partial charge in [0.25, 0.3) is 0 Å². The molecule has 3 nitrogen and oxygen atoms in total. The van der Waals surface area contributed by atoms with Crippen LogP contribution in [0.15, 0.2) is 6.07 Å². The molecule has 0 aliphatic heterocycles. The first-order valence-electron chi connectivity index (χ1n) is 7.26. The second-order valence-corrected chi connectivity index (χ2v) is 5.94. The number of nitrogens with zero attached hydrogens (tertiary/aromatic N) is 3. The predicted molar refractivity (Wildman–Crippen MR) is 83.1 cm³/mol. The van der Waals surface area contributed by atoms with E-state index in [4.69, 9.17) is 11.6 Å². The maximum atomic E-state index is 6.13. The highest BCUT2D eigenvalue weighted by Gasteiger charge is 2.15. The molecule has 0 amide bonds. The van der Waals surface area contributed by atoms with Crippen molar-refractivity contribution < 1.29 is 0 Å². The maximum absolute atomic E-state index is 6.13.